The maximum Gasteiger partial charge on any atom is 0.320 e. The van der Waals surface area contributed by atoms with Gasteiger partial charge in [0.15, 0.2) is 0 Å². The number of aromatic nitrogens is 1. The average molecular weight is 239 g/mol. The summed E-state index contributed by atoms with van der Waals surface area (Å²) in [6.45, 7) is 6.58. The first-order chi connectivity index (χ1) is 7.88. The minimum Gasteiger partial charge on any atom is -0.372 e. The van der Waals surface area contributed by atoms with Crippen molar-refractivity contribution in [3.8, 4) is 0 Å². The van der Waals surface area contributed by atoms with E-state index in [1.807, 2.05) is 26.8 Å². The highest BCUT2D eigenvalue weighted by Crippen LogP contribution is 2.23. The summed E-state index contributed by atoms with van der Waals surface area (Å²) >= 11 is 0. The van der Waals surface area contributed by atoms with Crippen LogP contribution in [0.15, 0.2) is 10.6 Å². The van der Waals surface area contributed by atoms with Crippen LogP contribution in [0.5, 0.6) is 0 Å². The zero-order valence-corrected chi connectivity index (χ0v) is 10.2. The zero-order chi connectivity index (χ0) is 12.6. The van der Waals surface area contributed by atoms with E-state index in [2.05, 4.69) is 10.5 Å². The molecule has 0 saturated carbocycles. The Morgan fingerprint density at radius 3 is 2.82 bits per heavy atom. The molecule has 0 aliphatic carbocycles. The minimum atomic E-state index is -0.794. The Morgan fingerprint density at radius 2 is 2.35 bits per heavy atom. The molecule has 2 heterocycles. The van der Waals surface area contributed by atoms with E-state index in [-0.39, 0.29) is 24.5 Å². The van der Waals surface area contributed by atoms with E-state index in [0.29, 0.717) is 5.69 Å². The third-order valence-electron chi connectivity index (χ3n) is 2.69. The van der Waals surface area contributed by atoms with Gasteiger partial charge in [0.2, 0.25) is 0 Å². The molecule has 0 spiro atoms. The maximum atomic E-state index is 11.4. The normalized spacial score (nSPS) is 20.8. The highest BCUT2D eigenvalue weighted by Gasteiger charge is 2.30. The molecule has 94 valence electrons. The molecule has 1 aliphatic heterocycles. The lowest BCUT2D eigenvalue weighted by atomic mass is 9.93. The fourth-order valence-electron chi connectivity index (χ4n) is 1.62. The van der Waals surface area contributed by atoms with E-state index in [1.165, 1.54) is 4.90 Å². The Morgan fingerprint density at radius 1 is 1.65 bits per heavy atom. The number of aliphatic hydroxyl groups is 1. The smallest absolute Gasteiger partial charge is 0.320 e. The number of β-amino-alcohol motifs (C(OH)–C–C–N with tert-alkyl or cyclic N) is 1. The van der Waals surface area contributed by atoms with Crippen LogP contribution in [0.1, 0.15) is 32.2 Å². The molecular weight excluding hydrogens is 222 g/mol. The number of rotatable bonds is 2. The molecule has 1 aromatic rings. The number of aliphatic hydroxyl groups excluding tert-OH is 1. The molecule has 2 rings (SSSR count). The number of hydrogen-bond donors (Lipinski definition) is 2. The van der Waals surface area contributed by atoms with Crippen molar-refractivity contribution in [2.75, 3.05) is 6.54 Å². The molecule has 6 heteroatoms. The first kappa shape index (κ1) is 11.9. The number of amides is 2. The Balaban J connectivity index is 2.09. The van der Waals surface area contributed by atoms with E-state index >= 15 is 0 Å². The van der Waals surface area contributed by atoms with Crippen molar-refractivity contribution >= 4 is 6.03 Å². The predicted octanol–water partition coefficient (Wildman–Crippen LogP) is 0.816. The quantitative estimate of drug-likeness (QED) is 0.800. The first-order valence-corrected chi connectivity index (χ1v) is 5.56. The summed E-state index contributed by atoms with van der Waals surface area (Å²) in [5.41, 5.74) is 0.531. The van der Waals surface area contributed by atoms with Crippen LogP contribution in [0, 0.1) is 0 Å². The van der Waals surface area contributed by atoms with E-state index in [4.69, 9.17) is 4.52 Å². The van der Waals surface area contributed by atoms with Crippen molar-refractivity contribution in [1.29, 1.82) is 0 Å². The van der Waals surface area contributed by atoms with Gasteiger partial charge in [-0.3, -0.25) is 4.90 Å². The van der Waals surface area contributed by atoms with Gasteiger partial charge in [0.1, 0.15) is 17.7 Å². The molecule has 2 N–H and O–H groups in total. The Hall–Kier alpha value is -1.56. The second-order valence-electron chi connectivity index (χ2n) is 5.23. The van der Waals surface area contributed by atoms with Crippen LogP contribution in [-0.2, 0) is 12.0 Å². The second-order valence-corrected chi connectivity index (χ2v) is 5.23. The summed E-state index contributed by atoms with van der Waals surface area (Å²) in [6.07, 6.45) is -0.794. The lowest BCUT2D eigenvalue weighted by Gasteiger charge is -2.16. The van der Waals surface area contributed by atoms with Crippen LogP contribution in [0.25, 0.3) is 0 Å². The zero-order valence-electron chi connectivity index (χ0n) is 10.2. The van der Waals surface area contributed by atoms with Crippen LogP contribution in [-0.4, -0.2) is 34.0 Å². The molecule has 1 fully saturated rings. The van der Waals surface area contributed by atoms with Crippen molar-refractivity contribution in [3.63, 3.8) is 0 Å². The van der Waals surface area contributed by atoms with Crippen LogP contribution < -0.4 is 5.32 Å². The Bertz CT molecular complexity index is 422. The van der Waals surface area contributed by atoms with Gasteiger partial charge in [0, 0.05) is 11.5 Å². The lowest BCUT2D eigenvalue weighted by molar-refractivity contribution is 0.0588. The van der Waals surface area contributed by atoms with Crippen molar-refractivity contribution in [2.24, 2.45) is 0 Å². The van der Waals surface area contributed by atoms with Gasteiger partial charge in [-0.15, -0.1) is 0 Å². The Labute approximate surface area is 99.6 Å². The maximum absolute atomic E-state index is 11.4. The number of hydrogen-bond acceptors (Lipinski definition) is 4. The number of nitrogens with one attached hydrogen (secondary N) is 1. The average Bonchev–Trinajstić information content (AvgIpc) is 2.79. The summed E-state index contributed by atoms with van der Waals surface area (Å²) in [4.78, 5) is 12.7. The predicted molar refractivity (Wildman–Crippen MR) is 60.2 cm³/mol. The topological polar surface area (TPSA) is 78.6 Å². The second kappa shape index (κ2) is 4.03. The molecule has 1 saturated heterocycles. The molecule has 0 bridgehead atoms. The van der Waals surface area contributed by atoms with Crippen molar-refractivity contribution in [1.82, 2.24) is 15.4 Å². The van der Waals surface area contributed by atoms with Gasteiger partial charge in [-0.05, 0) is 0 Å². The van der Waals surface area contributed by atoms with Gasteiger partial charge in [0.05, 0.1) is 13.1 Å². The molecule has 6 nitrogen and oxygen atoms in total. The number of carbonyl (C=O) groups is 1. The van der Waals surface area contributed by atoms with Gasteiger partial charge in [-0.25, -0.2) is 4.79 Å². The van der Waals surface area contributed by atoms with E-state index in [0.717, 1.165) is 5.76 Å². The van der Waals surface area contributed by atoms with Crippen LogP contribution in [0.4, 0.5) is 4.79 Å². The standard InChI is InChI=1S/C11H17N3O3/c1-11(2,3)8-4-7(13-17-8)6-14-9(15)5-12-10(14)16/h4,9,15H,5-6H2,1-3H3,(H,12,16). The highest BCUT2D eigenvalue weighted by atomic mass is 16.5. The SMILES string of the molecule is CC(C)(C)c1cc(CN2C(=O)NCC2O)no1. The molecule has 0 aromatic carbocycles. The molecule has 1 aromatic heterocycles. The van der Waals surface area contributed by atoms with E-state index in [1.54, 1.807) is 0 Å². The minimum absolute atomic E-state index is 0.114. The first-order valence-electron chi connectivity index (χ1n) is 5.56. The van der Waals surface area contributed by atoms with Gasteiger partial charge >= 0.3 is 6.03 Å². The van der Waals surface area contributed by atoms with E-state index < -0.39 is 6.23 Å². The molecule has 1 aliphatic rings. The Kier molecular flexibility index (Phi) is 2.82. The number of urea groups is 1. The largest absolute Gasteiger partial charge is 0.372 e. The summed E-state index contributed by atoms with van der Waals surface area (Å²) in [5.74, 6) is 0.765. The molecule has 17 heavy (non-hydrogen) atoms. The summed E-state index contributed by atoms with van der Waals surface area (Å²) in [6, 6.07) is 1.54. The van der Waals surface area contributed by atoms with Crippen molar-refractivity contribution in [2.45, 2.75) is 39.0 Å². The molecular formula is C11H17N3O3. The van der Waals surface area contributed by atoms with Crippen LogP contribution in [0.2, 0.25) is 0 Å². The third kappa shape index (κ3) is 2.41. The van der Waals surface area contributed by atoms with Crippen LogP contribution >= 0.6 is 0 Å². The van der Waals surface area contributed by atoms with E-state index in [9.17, 15) is 9.90 Å². The lowest BCUT2D eigenvalue weighted by Crippen LogP contribution is -2.33. The third-order valence-corrected chi connectivity index (χ3v) is 2.69. The number of nitrogens with zero attached hydrogens (tertiary/aromatic N) is 2. The molecule has 1 atom stereocenters. The number of carbonyl (C=O) groups excluding carboxylic acids is 1. The van der Waals surface area contributed by atoms with Crippen molar-refractivity contribution < 1.29 is 14.4 Å². The van der Waals surface area contributed by atoms with Crippen molar-refractivity contribution in [3.05, 3.63) is 17.5 Å². The molecule has 0 radical (unpaired) electrons. The molecule has 1 unspecified atom stereocenters. The van der Waals surface area contributed by atoms with Crippen LogP contribution in [0.3, 0.4) is 0 Å². The van der Waals surface area contributed by atoms with Gasteiger partial charge in [-0.1, -0.05) is 25.9 Å². The fraction of sp³-hybridized carbons (Fsp3) is 0.636. The van der Waals surface area contributed by atoms with Gasteiger partial charge in [0.25, 0.3) is 0 Å². The summed E-state index contributed by atoms with van der Waals surface area (Å²) in [7, 11) is 0. The fourth-order valence-corrected chi connectivity index (χ4v) is 1.62. The highest BCUT2D eigenvalue weighted by molar-refractivity contribution is 5.76. The monoisotopic (exact) mass is 239 g/mol. The molecule has 2 amide bonds. The summed E-state index contributed by atoms with van der Waals surface area (Å²) < 4.78 is 5.22. The summed E-state index contributed by atoms with van der Waals surface area (Å²) in [5, 5.41) is 16.0. The van der Waals surface area contributed by atoms with Gasteiger partial charge < -0.3 is 14.9 Å². The van der Waals surface area contributed by atoms with Gasteiger partial charge in [-0.2, -0.15) is 0 Å².